The SMILES string of the molecule is Cc1ccccc1CN1CCCC(C(=O)Nc2ccccc2)C1. The Hall–Kier alpha value is -2.13. The number of piperidine rings is 1. The quantitative estimate of drug-likeness (QED) is 0.930. The molecule has 120 valence electrons. The summed E-state index contributed by atoms with van der Waals surface area (Å²) in [4.78, 5) is 14.9. The van der Waals surface area contributed by atoms with E-state index in [1.54, 1.807) is 0 Å². The first-order valence-corrected chi connectivity index (χ1v) is 8.35. The molecule has 3 nitrogen and oxygen atoms in total. The summed E-state index contributed by atoms with van der Waals surface area (Å²) < 4.78 is 0. The molecule has 0 spiro atoms. The highest BCUT2D eigenvalue weighted by Gasteiger charge is 2.26. The van der Waals surface area contributed by atoms with Crippen LogP contribution in [0.2, 0.25) is 0 Å². The van der Waals surface area contributed by atoms with Gasteiger partial charge in [-0.25, -0.2) is 0 Å². The second-order valence-electron chi connectivity index (χ2n) is 6.36. The van der Waals surface area contributed by atoms with Gasteiger partial charge in [0.15, 0.2) is 0 Å². The lowest BCUT2D eigenvalue weighted by molar-refractivity contribution is -0.121. The van der Waals surface area contributed by atoms with Crippen molar-refractivity contribution in [2.75, 3.05) is 18.4 Å². The lowest BCUT2D eigenvalue weighted by atomic mass is 9.96. The first-order chi connectivity index (χ1) is 11.2. The van der Waals surface area contributed by atoms with Crippen molar-refractivity contribution in [3.8, 4) is 0 Å². The molecule has 0 aromatic heterocycles. The van der Waals surface area contributed by atoms with Crippen LogP contribution in [0.4, 0.5) is 5.69 Å². The minimum Gasteiger partial charge on any atom is -0.326 e. The number of anilines is 1. The van der Waals surface area contributed by atoms with Crippen molar-refractivity contribution in [2.24, 2.45) is 5.92 Å². The molecule has 1 saturated heterocycles. The van der Waals surface area contributed by atoms with Crippen LogP contribution in [-0.2, 0) is 11.3 Å². The van der Waals surface area contributed by atoms with Crippen LogP contribution in [0.25, 0.3) is 0 Å². The molecule has 1 amide bonds. The summed E-state index contributed by atoms with van der Waals surface area (Å²) in [6.07, 6.45) is 2.06. The number of aryl methyl sites for hydroxylation is 1. The Labute approximate surface area is 138 Å². The minimum atomic E-state index is 0.0768. The van der Waals surface area contributed by atoms with E-state index >= 15 is 0 Å². The normalized spacial score (nSPS) is 18.6. The van der Waals surface area contributed by atoms with Crippen molar-refractivity contribution in [1.29, 1.82) is 0 Å². The van der Waals surface area contributed by atoms with Crippen molar-refractivity contribution in [2.45, 2.75) is 26.3 Å². The highest BCUT2D eigenvalue weighted by atomic mass is 16.1. The molecule has 2 aromatic rings. The van der Waals surface area contributed by atoms with Crippen molar-refractivity contribution < 1.29 is 4.79 Å². The minimum absolute atomic E-state index is 0.0768. The third-order valence-electron chi connectivity index (χ3n) is 4.57. The first kappa shape index (κ1) is 15.8. The molecule has 1 aliphatic rings. The van der Waals surface area contributed by atoms with E-state index in [2.05, 4.69) is 41.4 Å². The van der Waals surface area contributed by atoms with E-state index in [9.17, 15) is 4.79 Å². The number of likely N-dealkylation sites (tertiary alicyclic amines) is 1. The molecule has 23 heavy (non-hydrogen) atoms. The molecule has 1 unspecified atom stereocenters. The van der Waals surface area contributed by atoms with Crippen LogP contribution >= 0.6 is 0 Å². The van der Waals surface area contributed by atoms with E-state index in [0.29, 0.717) is 0 Å². The fourth-order valence-electron chi connectivity index (χ4n) is 3.21. The van der Waals surface area contributed by atoms with Gasteiger partial charge in [0.1, 0.15) is 0 Å². The lowest BCUT2D eigenvalue weighted by Gasteiger charge is -2.32. The Balaban J connectivity index is 1.59. The van der Waals surface area contributed by atoms with Crippen LogP contribution in [-0.4, -0.2) is 23.9 Å². The van der Waals surface area contributed by atoms with Gasteiger partial charge in [-0.05, 0) is 49.6 Å². The molecule has 0 bridgehead atoms. The van der Waals surface area contributed by atoms with Gasteiger partial charge in [0.25, 0.3) is 0 Å². The van der Waals surface area contributed by atoms with Crippen LogP contribution in [0.1, 0.15) is 24.0 Å². The van der Waals surface area contributed by atoms with E-state index in [4.69, 9.17) is 0 Å². The molecule has 3 heteroatoms. The van der Waals surface area contributed by atoms with Crippen LogP contribution in [0, 0.1) is 12.8 Å². The number of carbonyl (C=O) groups is 1. The van der Waals surface area contributed by atoms with Gasteiger partial charge < -0.3 is 5.32 Å². The standard InChI is InChI=1S/C20H24N2O/c1-16-8-5-6-9-17(16)14-22-13-7-10-18(15-22)20(23)21-19-11-3-2-4-12-19/h2-6,8-9,11-12,18H,7,10,13-15H2,1H3,(H,21,23). The molecule has 1 N–H and O–H groups in total. The fraction of sp³-hybridized carbons (Fsp3) is 0.350. The molecular formula is C20H24N2O. The van der Waals surface area contributed by atoms with E-state index in [1.807, 2.05) is 30.3 Å². The fourth-order valence-corrected chi connectivity index (χ4v) is 3.21. The van der Waals surface area contributed by atoms with Gasteiger partial charge in [-0.2, -0.15) is 0 Å². The smallest absolute Gasteiger partial charge is 0.228 e. The Morgan fingerprint density at radius 2 is 1.87 bits per heavy atom. The van der Waals surface area contributed by atoms with Crippen LogP contribution < -0.4 is 5.32 Å². The number of carbonyl (C=O) groups excluding carboxylic acids is 1. The zero-order chi connectivity index (χ0) is 16.1. The number of hydrogen-bond donors (Lipinski definition) is 1. The average molecular weight is 308 g/mol. The molecule has 1 aliphatic heterocycles. The van der Waals surface area contributed by atoms with E-state index in [0.717, 1.165) is 38.2 Å². The Morgan fingerprint density at radius 3 is 2.65 bits per heavy atom. The summed E-state index contributed by atoms with van der Waals surface area (Å²) in [7, 11) is 0. The Morgan fingerprint density at radius 1 is 1.13 bits per heavy atom. The third-order valence-corrected chi connectivity index (χ3v) is 4.57. The summed E-state index contributed by atoms with van der Waals surface area (Å²) in [5, 5.41) is 3.04. The van der Waals surface area contributed by atoms with E-state index in [1.165, 1.54) is 11.1 Å². The Bertz CT molecular complexity index is 654. The predicted molar refractivity (Wildman–Crippen MR) is 94.3 cm³/mol. The first-order valence-electron chi connectivity index (χ1n) is 8.35. The molecule has 3 rings (SSSR count). The van der Waals surface area contributed by atoms with E-state index < -0.39 is 0 Å². The molecule has 1 atom stereocenters. The molecule has 1 heterocycles. The molecule has 2 aromatic carbocycles. The van der Waals surface area contributed by atoms with Crippen molar-refractivity contribution in [3.63, 3.8) is 0 Å². The van der Waals surface area contributed by atoms with Crippen molar-refractivity contribution in [1.82, 2.24) is 4.90 Å². The zero-order valence-electron chi connectivity index (χ0n) is 13.7. The maximum atomic E-state index is 12.5. The molecule has 0 saturated carbocycles. The van der Waals surface area contributed by atoms with Crippen molar-refractivity contribution >= 4 is 11.6 Å². The maximum Gasteiger partial charge on any atom is 0.228 e. The van der Waals surface area contributed by atoms with Crippen LogP contribution in [0.15, 0.2) is 54.6 Å². The summed E-state index contributed by atoms with van der Waals surface area (Å²) in [6, 6.07) is 18.2. The Kier molecular flexibility index (Phi) is 5.09. The second-order valence-corrected chi connectivity index (χ2v) is 6.36. The topological polar surface area (TPSA) is 32.3 Å². The number of nitrogens with one attached hydrogen (secondary N) is 1. The number of para-hydroxylation sites is 1. The summed E-state index contributed by atoms with van der Waals surface area (Å²) in [5.74, 6) is 0.221. The van der Waals surface area contributed by atoms with Gasteiger partial charge >= 0.3 is 0 Å². The zero-order valence-corrected chi connectivity index (χ0v) is 13.7. The maximum absolute atomic E-state index is 12.5. The molecule has 0 aliphatic carbocycles. The van der Waals surface area contributed by atoms with Gasteiger partial charge in [0.2, 0.25) is 5.91 Å². The number of rotatable bonds is 4. The van der Waals surface area contributed by atoms with Crippen LogP contribution in [0.3, 0.4) is 0 Å². The number of nitrogens with zero attached hydrogens (tertiary/aromatic N) is 1. The highest BCUT2D eigenvalue weighted by Crippen LogP contribution is 2.21. The molecule has 1 fully saturated rings. The summed E-state index contributed by atoms with van der Waals surface area (Å²) in [5.41, 5.74) is 3.56. The van der Waals surface area contributed by atoms with Gasteiger partial charge in [-0.1, -0.05) is 42.5 Å². The number of benzene rings is 2. The van der Waals surface area contributed by atoms with Crippen LogP contribution in [0.5, 0.6) is 0 Å². The van der Waals surface area contributed by atoms with Gasteiger partial charge in [-0.15, -0.1) is 0 Å². The van der Waals surface area contributed by atoms with E-state index in [-0.39, 0.29) is 11.8 Å². The number of amides is 1. The largest absolute Gasteiger partial charge is 0.326 e. The van der Waals surface area contributed by atoms with Gasteiger partial charge in [0.05, 0.1) is 5.92 Å². The molecule has 0 radical (unpaired) electrons. The third kappa shape index (κ3) is 4.20. The highest BCUT2D eigenvalue weighted by molar-refractivity contribution is 5.92. The van der Waals surface area contributed by atoms with Crippen molar-refractivity contribution in [3.05, 3.63) is 65.7 Å². The summed E-state index contributed by atoms with van der Waals surface area (Å²) in [6.45, 7) is 5.00. The summed E-state index contributed by atoms with van der Waals surface area (Å²) >= 11 is 0. The second kappa shape index (κ2) is 7.42. The monoisotopic (exact) mass is 308 g/mol. The van der Waals surface area contributed by atoms with Gasteiger partial charge in [0, 0.05) is 18.8 Å². The lowest BCUT2D eigenvalue weighted by Crippen LogP contribution is -2.40. The predicted octanol–water partition coefficient (Wildman–Crippen LogP) is 3.85. The van der Waals surface area contributed by atoms with Gasteiger partial charge in [-0.3, -0.25) is 9.69 Å². The number of hydrogen-bond acceptors (Lipinski definition) is 2. The molecular weight excluding hydrogens is 284 g/mol. The average Bonchev–Trinajstić information content (AvgIpc) is 2.58.